The molecule has 4 N–H and O–H groups in total. The molecule has 0 aliphatic carbocycles. The number of aromatic carboxylic acids is 1. The van der Waals surface area contributed by atoms with Gasteiger partial charge in [0.05, 0.1) is 17.3 Å². The molecule has 0 spiro atoms. The summed E-state index contributed by atoms with van der Waals surface area (Å²) in [6.07, 6.45) is 0.594. The number of nitrogens with two attached hydrogens (primary N) is 1. The number of carbonyl (C=O) groups is 2. The average molecular weight is 329 g/mol. The summed E-state index contributed by atoms with van der Waals surface area (Å²) >= 11 is 3.23. The lowest BCUT2D eigenvalue weighted by molar-refractivity contribution is -0.117. The maximum absolute atomic E-state index is 11.8. The van der Waals surface area contributed by atoms with Gasteiger partial charge in [0.15, 0.2) is 0 Å². The van der Waals surface area contributed by atoms with Gasteiger partial charge < -0.3 is 16.2 Å². The van der Waals surface area contributed by atoms with Gasteiger partial charge in [-0.1, -0.05) is 13.8 Å². The molecule has 1 aromatic carbocycles. The third-order valence-corrected chi connectivity index (χ3v) is 3.19. The molecule has 0 bridgehead atoms. The van der Waals surface area contributed by atoms with Gasteiger partial charge in [0, 0.05) is 4.47 Å². The lowest BCUT2D eigenvalue weighted by Gasteiger charge is -2.15. The summed E-state index contributed by atoms with van der Waals surface area (Å²) in [4.78, 5) is 22.6. The third-order valence-electron chi connectivity index (χ3n) is 2.54. The summed E-state index contributed by atoms with van der Waals surface area (Å²) in [6, 6.07) is 3.82. The standard InChI is InChI=1S/C13H17BrN2O3/c1-7(2)5-10(15)12(17)16-11-4-3-8(13(18)19)6-9(11)14/h3-4,6-7,10H,5,15H2,1-2H3,(H,16,17)(H,18,19)/t10-/m0/s1. The number of benzene rings is 1. The summed E-state index contributed by atoms with van der Waals surface area (Å²) in [5, 5.41) is 11.5. The first-order chi connectivity index (χ1) is 8.81. The summed E-state index contributed by atoms with van der Waals surface area (Å²) < 4.78 is 0.512. The van der Waals surface area contributed by atoms with Crippen LogP contribution in [-0.4, -0.2) is 23.0 Å². The van der Waals surface area contributed by atoms with Crippen molar-refractivity contribution in [3.05, 3.63) is 28.2 Å². The van der Waals surface area contributed by atoms with E-state index < -0.39 is 12.0 Å². The zero-order valence-electron chi connectivity index (χ0n) is 10.8. The highest BCUT2D eigenvalue weighted by atomic mass is 79.9. The van der Waals surface area contributed by atoms with Crippen molar-refractivity contribution in [2.75, 3.05) is 5.32 Å². The van der Waals surface area contributed by atoms with Crippen LogP contribution in [0.2, 0.25) is 0 Å². The molecule has 0 radical (unpaired) electrons. The quantitative estimate of drug-likeness (QED) is 0.774. The molecule has 0 heterocycles. The Morgan fingerprint density at radius 1 is 1.42 bits per heavy atom. The van der Waals surface area contributed by atoms with Crippen LogP contribution in [0.25, 0.3) is 0 Å². The lowest BCUT2D eigenvalue weighted by Crippen LogP contribution is -2.36. The van der Waals surface area contributed by atoms with Crippen molar-refractivity contribution in [2.45, 2.75) is 26.3 Å². The zero-order valence-corrected chi connectivity index (χ0v) is 12.4. The number of hydrogen-bond donors (Lipinski definition) is 3. The Morgan fingerprint density at radius 3 is 2.53 bits per heavy atom. The smallest absolute Gasteiger partial charge is 0.335 e. The molecule has 104 valence electrons. The van der Waals surface area contributed by atoms with Gasteiger partial charge in [-0.2, -0.15) is 0 Å². The van der Waals surface area contributed by atoms with Crippen LogP contribution in [0.15, 0.2) is 22.7 Å². The second-order valence-corrected chi connectivity index (χ2v) is 5.58. The highest BCUT2D eigenvalue weighted by molar-refractivity contribution is 9.10. The molecule has 0 saturated heterocycles. The van der Waals surface area contributed by atoms with E-state index in [0.29, 0.717) is 22.5 Å². The topological polar surface area (TPSA) is 92.4 Å². The SMILES string of the molecule is CC(C)C[C@H](N)C(=O)Nc1ccc(C(=O)O)cc1Br. The molecule has 1 amide bonds. The van der Waals surface area contributed by atoms with Gasteiger partial charge in [-0.15, -0.1) is 0 Å². The van der Waals surface area contributed by atoms with Crippen LogP contribution in [0.5, 0.6) is 0 Å². The fourth-order valence-corrected chi connectivity index (χ4v) is 2.07. The van der Waals surface area contributed by atoms with Crippen LogP contribution in [0.4, 0.5) is 5.69 Å². The predicted molar refractivity (Wildman–Crippen MR) is 77.2 cm³/mol. The first-order valence-electron chi connectivity index (χ1n) is 5.90. The molecule has 0 aromatic heterocycles. The van der Waals surface area contributed by atoms with Crippen LogP contribution < -0.4 is 11.1 Å². The minimum atomic E-state index is -1.02. The molecule has 0 saturated carbocycles. The molecule has 0 unspecified atom stereocenters. The van der Waals surface area contributed by atoms with Crippen LogP contribution in [0.1, 0.15) is 30.6 Å². The highest BCUT2D eigenvalue weighted by Gasteiger charge is 2.16. The number of halogens is 1. The minimum Gasteiger partial charge on any atom is -0.478 e. The van der Waals surface area contributed by atoms with Crippen molar-refractivity contribution in [1.82, 2.24) is 0 Å². The monoisotopic (exact) mass is 328 g/mol. The maximum atomic E-state index is 11.8. The van der Waals surface area contributed by atoms with Gasteiger partial charge >= 0.3 is 5.97 Å². The van der Waals surface area contributed by atoms with Crippen molar-refractivity contribution < 1.29 is 14.7 Å². The van der Waals surface area contributed by atoms with Crippen LogP contribution in [0.3, 0.4) is 0 Å². The fourth-order valence-electron chi connectivity index (χ4n) is 1.59. The second-order valence-electron chi connectivity index (χ2n) is 4.73. The molecular weight excluding hydrogens is 312 g/mol. The summed E-state index contributed by atoms with van der Waals surface area (Å²) in [5.41, 5.74) is 6.43. The first kappa shape index (κ1) is 15.7. The minimum absolute atomic E-state index is 0.149. The highest BCUT2D eigenvalue weighted by Crippen LogP contribution is 2.24. The van der Waals surface area contributed by atoms with Crippen LogP contribution in [0, 0.1) is 5.92 Å². The van der Waals surface area contributed by atoms with Gasteiger partial charge in [0.1, 0.15) is 0 Å². The van der Waals surface area contributed by atoms with Crippen molar-refractivity contribution >= 4 is 33.5 Å². The van der Waals surface area contributed by atoms with E-state index in [0.717, 1.165) is 0 Å². The molecule has 0 fully saturated rings. The van der Waals surface area contributed by atoms with Crippen LogP contribution >= 0.6 is 15.9 Å². The van der Waals surface area contributed by atoms with E-state index in [4.69, 9.17) is 10.8 Å². The first-order valence-corrected chi connectivity index (χ1v) is 6.70. The molecule has 6 heteroatoms. The molecule has 1 atom stereocenters. The van der Waals surface area contributed by atoms with Gasteiger partial charge in [-0.25, -0.2) is 4.79 Å². The van der Waals surface area contributed by atoms with E-state index in [1.165, 1.54) is 18.2 Å². The van der Waals surface area contributed by atoms with Crippen molar-refractivity contribution in [3.8, 4) is 0 Å². The predicted octanol–water partition coefficient (Wildman–Crippen LogP) is 2.46. The molecule has 19 heavy (non-hydrogen) atoms. The Labute approximate surface area is 120 Å². The van der Waals surface area contributed by atoms with E-state index in [1.54, 1.807) is 0 Å². The number of rotatable bonds is 5. The second kappa shape index (κ2) is 6.68. The number of carboxylic acid groups (broad SMARTS) is 1. The van der Waals surface area contributed by atoms with Gasteiger partial charge in [-0.3, -0.25) is 4.79 Å². The number of carboxylic acids is 1. The molecule has 0 aliphatic rings. The number of amides is 1. The van der Waals surface area contributed by atoms with Crippen molar-refractivity contribution in [3.63, 3.8) is 0 Å². The Bertz CT molecular complexity index is 489. The number of carbonyl (C=O) groups excluding carboxylic acids is 1. The molecular formula is C13H17BrN2O3. The Balaban J connectivity index is 2.77. The average Bonchev–Trinajstić information content (AvgIpc) is 2.30. The third kappa shape index (κ3) is 4.65. The molecule has 0 aliphatic heterocycles. The molecule has 5 nitrogen and oxygen atoms in total. The van der Waals surface area contributed by atoms with E-state index in [-0.39, 0.29) is 11.5 Å². The van der Waals surface area contributed by atoms with E-state index in [2.05, 4.69) is 21.2 Å². The lowest BCUT2D eigenvalue weighted by atomic mass is 10.0. The van der Waals surface area contributed by atoms with Crippen molar-refractivity contribution in [2.24, 2.45) is 11.7 Å². The van der Waals surface area contributed by atoms with Gasteiger partial charge in [-0.05, 0) is 46.5 Å². The van der Waals surface area contributed by atoms with Gasteiger partial charge in [0.25, 0.3) is 0 Å². The Morgan fingerprint density at radius 2 is 2.05 bits per heavy atom. The fraction of sp³-hybridized carbons (Fsp3) is 0.385. The zero-order chi connectivity index (χ0) is 14.6. The Hall–Kier alpha value is -1.40. The van der Waals surface area contributed by atoms with E-state index in [1.807, 2.05) is 13.8 Å². The van der Waals surface area contributed by atoms with Crippen molar-refractivity contribution in [1.29, 1.82) is 0 Å². The summed E-state index contributed by atoms with van der Waals surface area (Å²) in [6.45, 7) is 3.98. The number of anilines is 1. The molecule has 1 rings (SSSR count). The summed E-state index contributed by atoms with van der Waals surface area (Å²) in [7, 11) is 0. The number of nitrogens with one attached hydrogen (secondary N) is 1. The van der Waals surface area contributed by atoms with E-state index in [9.17, 15) is 9.59 Å². The normalized spacial score (nSPS) is 12.3. The molecule has 1 aromatic rings. The summed E-state index contributed by atoms with van der Waals surface area (Å²) in [5.74, 6) is -0.967. The Kier molecular flexibility index (Phi) is 5.50. The number of hydrogen-bond acceptors (Lipinski definition) is 3. The largest absolute Gasteiger partial charge is 0.478 e. The van der Waals surface area contributed by atoms with Crippen LogP contribution in [-0.2, 0) is 4.79 Å². The van der Waals surface area contributed by atoms with Gasteiger partial charge in [0.2, 0.25) is 5.91 Å². The maximum Gasteiger partial charge on any atom is 0.335 e. The van der Waals surface area contributed by atoms with E-state index >= 15 is 0 Å².